The molecule has 0 unspecified atom stereocenters. The summed E-state index contributed by atoms with van der Waals surface area (Å²) in [5.41, 5.74) is 8.78. The van der Waals surface area contributed by atoms with Crippen molar-refractivity contribution in [3.8, 4) is 0 Å². The first-order chi connectivity index (χ1) is 20.5. The van der Waals surface area contributed by atoms with Crippen LogP contribution in [0.2, 0.25) is 0 Å². The highest BCUT2D eigenvalue weighted by molar-refractivity contribution is 8.01. The molecular weight excluding hydrogens is 574 g/mol. The van der Waals surface area contributed by atoms with Gasteiger partial charge in [0.25, 0.3) is 0 Å². The van der Waals surface area contributed by atoms with Crippen LogP contribution in [-0.4, -0.2) is 69.1 Å². The van der Waals surface area contributed by atoms with Gasteiger partial charge in [-0.3, -0.25) is 24.0 Å². The monoisotopic (exact) mass is 611 g/mol. The fourth-order valence-corrected chi connectivity index (χ4v) is 7.23. The average molecular weight is 612 g/mol. The average Bonchev–Trinajstić information content (AvgIpc) is 3.32. The number of ether oxygens (including phenoxy) is 1. The van der Waals surface area contributed by atoms with E-state index >= 15 is 0 Å². The lowest BCUT2D eigenvalue weighted by atomic mass is 9.72. The number of carboxylic acids is 2. The summed E-state index contributed by atoms with van der Waals surface area (Å²) in [4.78, 5) is 60.8. The summed E-state index contributed by atoms with van der Waals surface area (Å²) >= 11 is 1.35. The van der Waals surface area contributed by atoms with Crippen molar-refractivity contribution in [3.63, 3.8) is 0 Å². The van der Waals surface area contributed by atoms with Gasteiger partial charge in [0, 0.05) is 18.1 Å². The highest BCUT2D eigenvalue weighted by atomic mass is 32.2. The van der Waals surface area contributed by atoms with Crippen LogP contribution in [-0.2, 0) is 35.1 Å². The third-order valence-corrected chi connectivity index (χ3v) is 9.33. The van der Waals surface area contributed by atoms with Gasteiger partial charge in [-0.2, -0.15) is 0 Å². The number of benzene rings is 1. The Bertz CT molecular complexity index is 1360. The Hall–Kier alpha value is -3.90. The van der Waals surface area contributed by atoms with E-state index in [0.717, 1.165) is 24.8 Å². The first kappa shape index (κ1) is 32.0. The molecule has 4 rings (SSSR count). The summed E-state index contributed by atoms with van der Waals surface area (Å²) in [6.45, 7) is 1.37. The number of amides is 2. The Kier molecular flexibility index (Phi) is 10.5. The second-order valence-corrected chi connectivity index (χ2v) is 12.4. The van der Waals surface area contributed by atoms with Crippen LogP contribution in [0.1, 0.15) is 44.6 Å². The summed E-state index contributed by atoms with van der Waals surface area (Å²) < 4.78 is 5.21. The maximum absolute atomic E-state index is 13.2. The molecule has 0 spiro atoms. The predicted molar refractivity (Wildman–Crippen MR) is 160 cm³/mol. The number of nitrogens with two attached hydrogens (primary N) is 1. The quantitative estimate of drug-likeness (QED) is 0.146. The van der Waals surface area contributed by atoms with Crippen molar-refractivity contribution in [1.82, 2.24) is 10.6 Å². The number of carbonyl (C=O) groups excluding carboxylic acids is 3. The molecule has 0 saturated heterocycles. The summed E-state index contributed by atoms with van der Waals surface area (Å²) in [5, 5.41) is 22.9. The van der Waals surface area contributed by atoms with Gasteiger partial charge in [0.15, 0.2) is 0 Å². The van der Waals surface area contributed by atoms with Gasteiger partial charge in [0.2, 0.25) is 11.8 Å². The largest absolute Gasteiger partial charge is 0.480 e. The van der Waals surface area contributed by atoms with Gasteiger partial charge >= 0.3 is 17.9 Å². The Morgan fingerprint density at radius 1 is 1.19 bits per heavy atom. The van der Waals surface area contributed by atoms with Crippen LogP contribution >= 0.6 is 11.8 Å². The normalized spacial score (nSPS) is 23.5. The first-order valence-corrected chi connectivity index (χ1v) is 15.3. The smallest absolute Gasteiger partial charge is 0.322 e. The predicted octanol–water partition coefficient (Wildman–Crippen LogP) is 2.32. The van der Waals surface area contributed by atoms with E-state index in [1.165, 1.54) is 22.9 Å². The minimum atomic E-state index is -1.24. The number of hydrogen-bond acceptors (Lipinski definition) is 8. The van der Waals surface area contributed by atoms with Crippen LogP contribution < -0.4 is 16.4 Å². The standard InChI is InChI=1S/C31H37N3O8S/c1-2-11-31(43-17-23(28(38)33-16-25(36)37)34-24(35)9-8-22(32)29(39)40)12-10-20-14-19(13-18-6-4-3-5-7-18)15-21-26(20)27(31)42-30(21)41/h3-7,10,12,15,20-23H,2,8-9,11,13-14,16-17,32H2,1H3,(H,33,38)(H,34,35)(H,36,37)(H,39,40)/t20-,21+,22-,23-,31-/m0/s1. The highest BCUT2D eigenvalue weighted by Gasteiger charge is 2.50. The molecule has 1 aliphatic heterocycles. The zero-order valence-corrected chi connectivity index (χ0v) is 24.7. The van der Waals surface area contributed by atoms with Gasteiger partial charge in [-0.1, -0.05) is 67.5 Å². The molecule has 2 amide bonds. The number of carboxylic acid groups (broad SMARTS) is 2. The summed E-state index contributed by atoms with van der Waals surface area (Å²) in [7, 11) is 0. The number of hydrogen-bond donors (Lipinski definition) is 5. The molecule has 0 radical (unpaired) electrons. The SMILES string of the molecule is CCC[C@]1(SC[C@H](NC(=O)CC[C@H](N)C(=O)O)C(=O)NCC(=O)O)C=C[C@H]2CC(Cc3ccccc3)=C[C@H]3C(=O)OC1=C32. The molecule has 43 heavy (non-hydrogen) atoms. The Morgan fingerprint density at radius 3 is 2.60 bits per heavy atom. The fraction of sp³-hybridized carbons (Fsp3) is 0.452. The van der Waals surface area contributed by atoms with E-state index in [2.05, 4.69) is 28.8 Å². The van der Waals surface area contributed by atoms with Gasteiger partial charge in [-0.15, -0.1) is 11.8 Å². The minimum absolute atomic E-state index is 0.00792. The Morgan fingerprint density at radius 2 is 1.93 bits per heavy atom. The molecule has 1 aromatic rings. The molecule has 1 heterocycles. The second-order valence-electron chi connectivity index (χ2n) is 11.0. The second kappa shape index (κ2) is 14.0. The Labute approximate surface area is 254 Å². The molecule has 0 fully saturated rings. The van der Waals surface area contributed by atoms with Gasteiger partial charge < -0.3 is 31.3 Å². The molecule has 2 aliphatic carbocycles. The van der Waals surface area contributed by atoms with Gasteiger partial charge in [0.05, 0.1) is 4.75 Å². The molecule has 5 atom stereocenters. The number of allylic oxidation sites excluding steroid dienone is 2. The Balaban J connectivity index is 1.54. The van der Waals surface area contributed by atoms with Gasteiger partial charge in [-0.05, 0) is 36.8 Å². The van der Waals surface area contributed by atoms with Crippen molar-refractivity contribution >= 4 is 41.5 Å². The van der Waals surface area contributed by atoms with Crippen LogP contribution in [0, 0.1) is 11.8 Å². The molecule has 230 valence electrons. The van der Waals surface area contributed by atoms with Crippen molar-refractivity contribution < 1.29 is 38.9 Å². The van der Waals surface area contributed by atoms with Crippen LogP contribution in [0.15, 0.2) is 65.5 Å². The van der Waals surface area contributed by atoms with Crippen LogP contribution in [0.3, 0.4) is 0 Å². The molecule has 6 N–H and O–H groups in total. The molecule has 12 heteroatoms. The fourth-order valence-electron chi connectivity index (χ4n) is 5.71. The van der Waals surface area contributed by atoms with E-state index in [1.807, 2.05) is 37.3 Å². The molecule has 11 nitrogen and oxygen atoms in total. The number of nitrogens with one attached hydrogen (secondary N) is 2. The van der Waals surface area contributed by atoms with Crippen molar-refractivity contribution in [3.05, 3.63) is 71.0 Å². The lowest BCUT2D eigenvalue weighted by Crippen LogP contribution is -2.50. The first-order valence-electron chi connectivity index (χ1n) is 14.3. The van der Waals surface area contributed by atoms with E-state index in [-0.39, 0.29) is 30.5 Å². The van der Waals surface area contributed by atoms with Crippen LogP contribution in [0.5, 0.6) is 0 Å². The third-order valence-electron chi connectivity index (χ3n) is 7.79. The number of rotatable bonds is 15. The van der Waals surface area contributed by atoms with E-state index in [1.54, 1.807) is 0 Å². The maximum Gasteiger partial charge on any atom is 0.322 e. The van der Waals surface area contributed by atoms with E-state index in [4.69, 9.17) is 20.7 Å². The molecule has 0 saturated carbocycles. The van der Waals surface area contributed by atoms with Crippen molar-refractivity contribution in [2.24, 2.45) is 17.6 Å². The number of thioether (sulfide) groups is 1. The number of esters is 1. The molecule has 0 bridgehead atoms. The van der Waals surface area contributed by atoms with Crippen LogP contribution in [0.4, 0.5) is 0 Å². The minimum Gasteiger partial charge on any atom is -0.480 e. The van der Waals surface area contributed by atoms with E-state index < -0.39 is 53.0 Å². The zero-order valence-electron chi connectivity index (χ0n) is 23.9. The number of aliphatic carboxylic acids is 2. The zero-order chi connectivity index (χ0) is 31.1. The molecule has 1 aromatic carbocycles. The van der Waals surface area contributed by atoms with Gasteiger partial charge in [0.1, 0.15) is 30.3 Å². The van der Waals surface area contributed by atoms with Crippen molar-refractivity contribution in [2.45, 2.75) is 62.3 Å². The van der Waals surface area contributed by atoms with Crippen molar-refractivity contribution in [2.75, 3.05) is 12.3 Å². The topological polar surface area (TPSA) is 185 Å². The highest BCUT2D eigenvalue weighted by Crippen LogP contribution is 2.53. The summed E-state index contributed by atoms with van der Waals surface area (Å²) in [5.74, 6) is -3.94. The van der Waals surface area contributed by atoms with Crippen molar-refractivity contribution in [1.29, 1.82) is 0 Å². The van der Waals surface area contributed by atoms with Crippen LogP contribution in [0.25, 0.3) is 0 Å². The number of carbonyl (C=O) groups is 5. The van der Waals surface area contributed by atoms with E-state index in [9.17, 15) is 24.0 Å². The summed E-state index contributed by atoms with van der Waals surface area (Å²) in [6.07, 6.45) is 8.65. The lowest BCUT2D eigenvalue weighted by Gasteiger charge is -2.37. The molecule has 0 aromatic heterocycles. The third kappa shape index (κ3) is 7.74. The van der Waals surface area contributed by atoms with E-state index in [0.29, 0.717) is 12.2 Å². The summed E-state index contributed by atoms with van der Waals surface area (Å²) in [6, 6.07) is 7.72. The molecule has 3 aliphatic rings. The van der Waals surface area contributed by atoms with Gasteiger partial charge in [-0.25, -0.2) is 0 Å². The lowest BCUT2D eigenvalue weighted by molar-refractivity contribution is -0.140. The molecular formula is C31H37N3O8S. The maximum atomic E-state index is 13.2.